The molecule has 17 heavy (non-hydrogen) atoms. The molecule has 90 valence electrons. The van der Waals surface area contributed by atoms with E-state index in [2.05, 4.69) is 10.3 Å². The number of hydrogen-bond acceptors (Lipinski definition) is 5. The maximum Gasteiger partial charge on any atom is 0.304 e. The number of nitrogens with one attached hydrogen (secondary N) is 2. The smallest absolute Gasteiger partial charge is 0.304 e. The van der Waals surface area contributed by atoms with Crippen LogP contribution in [0.2, 0.25) is 0 Å². The summed E-state index contributed by atoms with van der Waals surface area (Å²) in [5.74, 6) is 0.633. The Morgan fingerprint density at radius 1 is 1.53 bits per heavy atom. The standard InChI is InChI=1S/C11H13N3O2S/c1-16-9-4-2-3-8(10(9)12)13-5-7-6-17-11(15)14-7/h2-4,6,13H,5,12H2,1H3,(H,14,15). The van der Waals surface area contributed by atoms with E-state index < -0.39 is 0 Å². The van der Waals surface area contributed by atoms with Crippen molar-refractivity contribution in [3.8, 4) is 5.75 Å². The predicted octanol–water partition coefficient (Wildman–Crippen LogP) is 1.64. The summed E-state index contributed by atoms with van der Waals surface area (Å²) in [6, 6.07) is 5.52. The van der Waals surface area contributed by atoms with Gasteiger partial charge in [-0.3, -0.25) is 4.79 Å². The van der Waals surface area contributed by atoms with Crippen molar-refractivity contribution in [3.05, 3.63) is 38.9 Å². The van der Waals surface area contributed by atoms with Gasteiger partial charge in [0.25, 0.3) is 0 Å². The largest absolute Gasteiger partial charge is 0.495 e. The molecular weight excluding hydrogens is 238 g/mol. The minimum atomic E-state index is -0.0552. The minimum Gasteiger partial charge on any atom is -0.495 e. The van der Waals surface area contributed by atoms with E-state index in [0.717, 1.165) is 22.7 Å². The molecule has 1 aromatic carbocycles. The molecule has 0 unspecified atom stereocenters. The van der Waals surface area contributed by atoms with Crippen molar-refractivity contribution >= 4 is 22.7 Å². The Balaban J connectivity index is 2.11. The second-order valence-electron chi connectivity index (χ2n) is 3.45. The van der Waals surface area contributed by atoms with Crippen molar-refractivity contribution in [3.63, 3.8) is 0 Å². The fraction of sp³-hybridized carbons (Fsp3) is 0.182. The van der Waals surface area contributed by atoms with Gasteiger partial charge in [0.15, 0.2) is 0 Å². The number of aromatic amines is 1. The first-order valence-electron chi connectivity index (χ1n) is 5.03. The Morgan fingerprint density at radius 2 is 2.35 bits per heavy atom. The number of anilines is 2. The Hall–Kier alpha value is -1.95. The summed E-state index contributed by atoms with van der Waals surface area (Å²) >= 11 is 1.14. The average molecular weight is 251 g/mol. The zero-order valence-electron chi connectivity index (χ0n) is 9.32. The lowest BCUT2D eigenvalue weighted by atomic mass is 10.2. The summed E-state index contributed by atoms with van der Waals surface area (Å²) in [5.41, 5.74) is 8.09. The first-order chi connectivity index (χ1) is 8.20. The van der Waals surface area contributed by atoms with Gasteiger partial charge in [-0.05, 0) is 12.1 Å². The summed E-state index contributed by atoms with van der Waals surface area (Å²) in [7, 11) is 1.58. The van der Waals surface area contributed by atoms with E-state index in [0.29, 0.717) is 18.0 Å². The molecule has 0 amide bonds. The molecular formula is C11H13N3O2S. The van der Waals surface area contributed by atoms with Crippen LogP contribution >= 0.6 is 11.3 Å². The summed E-state index contributed by atoms with van der Waals surface area (Å²) in [6.45, 7) is 0.524. The van der Waals surface area contributed by atoms with E-state index in [9.17, 15) is 4.79 Å². The molecule has 5 nitrogen and oxygen atoms in total. The van der Waals surface area contributed by atoms with E-state index in [4.69, 9.17) is 10.5 Å². The van der Waals surface area contributed by atoms with Crippen LogP contribution in [-0.2, 0) is 6.54 Å². The van der Waals surface area contributed by atoms with E-state index in [1.165, 1.54) is 0 Å². The van der Waals surface area contributed by atoms with Crippen LogP contribution < -0.4 is 20.7 Å². The number of nitrogens with two attached hydrogens (primary N) is 1. The molecule has 0 aliphatic heterocycles. The maximum atomic E-state index is 11.0. The quantitative estimate of drug-likeness (QED) is 0.722. The van der Waals surface area contributed by atoms with Crippen LogP contribution in [-0.4, -0.2) is 12.1 Å². The third kappa shape index (κ3) is 2.59. The molecule has 0 aliphatic carbocycles. The molecule has 1 heterocycles. The van der Waals surface area contributed by atoms with Gasteiger partial charge in [-0.25, -0.2) is 0 Å². The lowest BCUT2D eigenvalue weighted by molar-refractivity contribution is 0.417. The number of para-hydroxylation sites is 1. The van der Waals surface area contributed by atoms with Crippen LogP contribution in [0.1, 0.15) is 5.69 Å². The van der Waals surface area contributed by atoms with Crippen molar-refractivity contribution < 1.29 is 4.74 Å². The number of rotatable bonds is 4. The van der Waals surface area contributed by atoms with Gasteiger partial charge in [0.1, 0.15) is 5.75 Å². The monoisotopic (exact) mass is 251 g/mol. The van der Waals surface area contributed by atoms with E-state index in [-0.39, 0.29) is 4.87 Å². The lowest BCUT2D eigenvalue weighted by Crippen LogP contribution is -2.05. The van der Waals surface area contributed by atoms with Crippen LogP contribution in [0, 0.1) is 0 Å². The van der Waals surface area contributed by atoms with Gasteiger partial charge in [0.05, 0.1) is 25.0 Å². The fourth-order valence-corrected chi connectivity index (χ4v) is 2.05. The van der Waals surface area contributed by atoms with Crippen LogP contribution in [0.5, 0.6) is 5.75 Å². The molecule has 2 rings (SSSR count). The third-order valence-corrected chi connectivity index (χ3v) is 3.04. The topological polar surface area (TPSA) is 80.1 Å². The number of hydrogen-bond donors (Lipinski definition) is 3. The molecule has 0 spiro atoms. The average Bonchev–Trinajstić information content (AvgIpc) is 2.74. The highest BCUT2D eigenvalue weighted by molar-refractivity contribution is 7.07. The number of methoxy groups -OCH3 is 1. The molecule has 6 heteroatoms. The molecule has 0 saturated carbocycles. The SMILES string of the molecule is COc1cccc(NCc2csc(=O)[nH]2)c1N. The maximum absolute atomic E-state index is 11.0. The Kier molecular flexibility index (Phi) is 3.34. The van der Waals surface area contributed by atoms with Crippen molar-refractivity contribution in [2.75, 3.05) is 18.2 Å². The second-order valence-corrected chi connectivity index (χ2v) is 4.29. The first-order valence-corrected chi connectivity index (χ1v) is 5.91. The van der Waals surface area contributed by atoms with E-state index in [1.807, 2.05) is 12.1 Å². The second kappa shape index (κ2) is 4.92. The van der Waals surface area contributed by atoms with Crippen LogP contribution in [0.3, 0.4) is 0 Å². The van der Waals surface area contributed by atoms with Gasteiger partial charge >= 0.3 is 4.87 Å². The third-order valence-electron chi connectivity index (χ3n) is 2.33. The number of benzene rings is 1. The van der Waals surface area contributed by atoms with Crippen molar-refractivity contribution in [2.24, 2.45) is 0 Å². The first kappa shape index (κ1) is 11.5. The molecule has 0 bridgehead atoms. The van der Waals surface area contributed by atoms with Crippen molar-refractivity contribution in [2.45, 2.75) is 6.54 Å². The Morgan fingerprint density at radius 3 is 3.00 bits per heavy atom. The van der Waals surface area contributed by atoms with Gasteiger partial charge in [0.2, 0.25) is 0 Å². The number of H-pyrrole nitrogens is 1. The van der Waals surface area contributed by atoms with Gasteiger partial charge in [-0.2, -0.15) is 0 Å². The van der Waals surface area contributed by atoms with Crippen LogP contribution in [0.4, 0.5) is 11.4 Å². The highest BCUT2D eigenvalue weighted by Crippen LogP contribution is 2.29. The summed E-state index contributed by atoms with van der Waals surface area (Å²) < 4.78 is 5.12. The number of thiazole rings is 1. The van der Waals surface area contributed by atoms with E-state index in [1.54, 1.807) is 18.6 Å². The lowest BCUT2D eigenvalue weighted by Gasteiger charge is -2.11. The van der Waals surface area contributed by atoms with Crippen molar-refractivity contribution in [1.82, 2.24) is 4.98 Å². The van der Waals surface area contributed by atoms with Gasteiger partial charge < -0.3 is 20.8 Å². The van der Waals surface area contributed by atoms with Crippen LogP contribution in [0.25, 0.3) is 0 Å². The van der Waals surface area contributed by atoms with Gasteiger partial charge in [0, 0.05) is 11.1 Å². The Labute approximate surface area is 102 Å². The van der Waals surface area contributed by atoms with Gasteiger partial charge in [-0.1, -0.05) is 17.4 Å². The summed E-state index contributed by atoms with van der Waals surface area (Å²) in [4.78, 5) is 13.6. The molecule has 0 radical (unpaired) electrons. The zero-order valence-corrected chi connectivity index (χ0v) is 10.1. The fourth-order valence-electron chi connectivity index (χ4n) is 1.47. The number of nitrogen functional groups attached to an aromatic ring is 1. The molecule has 0 atom stereocenters. The normalized spacial score (nSPS) is 10.2. The molecule has 1 aromatic heterocycles. The van der Waals surface area contributed by atoms with E-state index >= 15 is 0 Å². The molecule has 0 aliphatic rings. The van der Waals surface area contributed by atoms with Crippen LogP contribution in [0.15, 0.2) is 28.4 Å². The highest BCUT2D eigenvalue weighted by atomic mass is 32.1. The predicted molar refractivity (Wildman–Crippen MR) is 69.7 cm³/mol. The molecule has 4 N–H and O–H groups in total. The number of ether oxygens (including phenoxy) is 1. The summed E-state index contributed by atoms with van der Waals surface area (Å²) in [5, 5.41) is 4.93. The number of aromatic nitrogens is 1. The summed E-state index contributed by atoms with van der Waals surface area (Å²) in [6.07, 6.45) is 0. The molecule has 2 aromatic rings. The van der Waals surface area contributed by atoms with Crippen molar-refractivity contribution in [1.29, 1.82) is 0 Å². The highest BCUT2D eigenvalue weighted by Gasteiger charge is 2.05. The molecule has 0 saturated heterocycles. The molecule has 0 fully saturated rings. The minimum absolute atomic E-state index is 0.0552. The van der Waals surface area contributed by atoms with Gasteiger partial charge in [-0.15, -0.1) is 0 Å². The Bertz CT molecular complexity index is 562. The zero-order chi connectivity index (χ0) is 12.3.